The molecule has 104 valence electrons. The molecule has 3 nitrogen and oxygen atoms in total. The highest BCUT2D eigenvalue weighted by Gasteiger charge is 2.38. The van der Waals surface area contributed by atoms with Crippen LogP contribution in [0.3, 0.4) is 0 Å². The van der Waals surface area contributed by atoms with E-state index in [2.05, 4.69) is 0 Å². The molecule has 1 atom stereocenters. The number of rotatable bonds is 1. The second kappa shape index (κ2) is 5.11. The molecule has 1 amide bonds. The van der Waals surface area contributed by atoms with Crippen LogP contribution in [-0.2, 0) is 6.18 Å². The Morgan fingerprint density at radius 2 is 1.95 bits per heavy atom. The standard InChI is InChI=1S/C13H14F3NO2/c14-13(15,16)10-6-2-1-5-9(10)11-7-3-4-8-17(11)12(18)19/h1-2,5-6,11H,3-4,7-8H2,(H,18,19). The van der Waals surface area contributed by atoms with Crippen LogP contribution in [0.5, 0.6) is 0 Å². The normalized spacial score (nSPS) is 20.4. The fraction of sp³-hybridized carbons (Fsp3) is 0.462. The minimum Gasteiger partial charge on any atom is -0.465 e. The first kappa shape index (κ1) is 13.7. The van der Waals surface area contributed by atoms with E-state index < -0.39 is 23.9 Å². The smallest absolute Gasteiger partial charge is 0.416 e. The van der Waals surface area contributed by atoms with Gasteiger partial charge in [0.05, 0.1) is 11.6 Å². The first-order chi connectivity index (χ1) is 8.91. The average Bonchev–Trinajstić information content (AvgIpc) is 2.37. The number of piperidine rings is 1. The fourth-order valence-corrected chi connectivity index (χ4v) is 2.53. The van der Waals surface area contributed by atoms with E-state index in [4.69, 9.17) is 5.11 Å². The van der Waals surface area contributed by atoms with Crippen LogP contribution >= 0.6 is 0 Å². The van der Waals surface area contributed by atoms with Gasteiger partial charge < -0.3 is 10.0 Å². The van der Waals surface area contributed by atoms with Gasteiger partial charge in [-0.05, 0) is 30.9 Å². The SMILES string of the molecule is O=C(O)N1CCCCC1c1ccccc1C(F)(F)F. The van der Waals surface area contributed by atoms with Gasteiger partial charge in [0.25, 0.3) is 0 Å². The van der Waals surface area contributed by atoms with Crippen molar-refractivity contribution in [2.24, 2.45) is 0 Å². The maximum Gasteiger partial charge on any atom is 0.416 e. The van der Waals surface area contributed by atoms with Crippen LogP contribution in [-0.4, -0.2) is 22.6 Å². The van der Waals surface area contributed by atoms with Gasteiger partial charge in [0.2, 0.25) is 0 Å². The van der Waals surface area contributed by atoms with Crippen LogP contribution in [0.2, 0.25) is 0 Å². The van der Waals surface area contributed by atoms with Gasteiger partial charge in [-0.25, -0.2) is 4.79 Å². The number of carbonyl (C=O) groups is 1. The van der Waals surface area contributed by atoms with Crippen molar-refractivity contribution < 1.29 is 23.1 Å². The lowest BCUT2D eigenvalue weighted by Crippen LogP contribution is -2.38. The summed E-state index contributed by atoms with van der Waals surface area (Å²) in [5.41, 5.74) is -0.690. The molecule has 1 unspecified atom stereocenters. The topological polar surface area (TPSA) is 40.5 Å². The zero-order chi connectivity index (χ0) is 14.0. The Balaban J connectivity index is 2.42. The molecule has 0 aliphatic carbocycles. The lowest BCUT2D eigenvalue weighted by atomic mass is 9.92. The molecule has 0 aromatic heterocycles. The van der Waals surface area contributed by atoms with E-state index in [9.17, 15) is 18.0 Å². The van der Waals surface area contributed by atoms with Crippen molar-refractivity contribution in [2.75, 3.05) is 6.54 Å². The molecule has 1 aliphatic heterocycles. The van der Waals surface area contributed by atoms with Crippen molar-refractivity contribution in [1.29, 1.82) is 0 Å². The Morgan fingerprint density at radius 3 is 2.58 bits per heavy atom. The molecule has 1 N–H and O–H groups in total. The molecule has 0 spiro atoms. The number of likely N-dealkylation sites (tertiary alicyclic amines) is 1. The Morgan fingerprint density at radius 1 is 1.26 bits per heavy atom. The Hall–Kier alpha value is -1.72. The molecule has 2 rings (SSSR count). The minimum absolute atomic E-state index is 0.0529. The molecule has 0 radical (unpaired) electrons. The molecule has 1 fully saturated rings. The Bertz CT molecular complexity index is 473. The third-order valence-corrected chi connectivity index (χ3v) is 3.37. The van der Waals surface area contributed by atoms with Crippen LogP contribution in [0.15, 0.2) is 24.3 Å². The molecular weight excluding hydrogens is 259 g/mol. The van der Waals surface area contributed by atoms with Gasteiger partial charge in [-0.15, -0.1) is 0 Å². The predicted octanol–water partition coefficient (Wildman–Crippen LogP) is 3.91. The molecular formula is C13H14F3NO2. The number of nitrogens with zero attached hydrogens (tertiary/aromatic N) is 1. The summed E-state index contributed by atoms with van der Waals surface area (Å²) in [4.78, 5) is 12.2. The maximum atomic E-state index is 13.0. The number of alkyl halides is 3. The summed E-state index contributed by atoms with van der Waals surface area (Å²) in [6.07, 6.45) is -3.77. The highest BCUT2D eigenvalue weighted by Crippen LogP contribution is 2.39. The third-order valence-electron chi connectivity index (χ3n) is 3.37. The molecule has 0 bridgehead atoms. The number of hydrogen-bond donors (Lipinski definition) is 1. The number of halogens is 3. The summed E-state index contributed by atoms with van der Waals surface area (Å²) >= 11 is 0. The number of amides is 1. The molecule has 1 aromatic carbocycles. The molecule has 19 heavy (non-hydrogen) atoms. The molecule has 1 aliphatic rings. The van der Waals surface area contributed by atoms with Gasteiger partial charge in [-0.2, -0.15) is 13.2 Å². The zero-order valence-electron chi connectivity index (χ0n) is 10.2. The lowest BCUT2D eigenvalue weighted by Gasteiger charge is -2.35. The van der Waals surface area contributed by atoms with Crippen molar-refractivity contribution in [3.05, 3.63) is 35.4 Å². The second-order valence-electron chi connectivity index (χ2n) is 4.57. The van der Waals surface area contributed by atoms with Crippen LogP contribution < -0.4 is 0 Å². The van der Waals surface area contributed by atoms with Gasteiger partial charge in [0.15, 0.2) is 0 Å². The van der Waals surface area contributed by atoms with Crippen molar-refractivity contribution in [1.82, 2.24) is 4.90 Å². The van der Waals surface area contributed by atoms with Gasteiger partial charge >= 0.3 is 12.3 Å². The highest BCUT2D eigenvalue weighted by atomic mass is 19.4. The number of carboxylic acid groups (broad SMARTS) is 1. The van der Waals surface area contributed by atoms with Gasteiger partial charge in [0, 0.05) is 6.54 Å². The van der Waals surface area contributed by atoms with Crippen molar-refractivity contribution in [3.63, 3.8) is 0 Å². The summed E-state index contributed by atoms with van der Waals surface area (Å²) in [5.74, 6) is 0. The van der Waals surface area contributed by atoms with Crippen LogP contribution in [0.25, 0.3) is 0 Å². The van der Waals surface area contributed by atoms with Crippen molar-refractivity contribution >= 4 is 6.09 Å². The molecule has 1 saturated heterocycles. The van der Waals surface area contributed by atoms with Gasteiger partial charge in [-0.1, -0.05) is 18.2 Å². The fourth-order valence-electron chi connectivity index (χ4n) is 2.53. The van der Waals surface area contributed by atoms with E-state index in [1.165, 1.54) is 18.2 Å². The van der Waals surface area contributed by atoms with Crippen LogP contribution in [0.1, 0.15) is 36.4 Å². The van der Waals surface area contributed by atoms with Gasteiger partial charge in [0.1, 0.15) is 0 Å². The predicted molar refractivity (Wildman–Crippen MR) is 62.8 cm³/mol. The van der Waals surface area contributed by atoms with Crippen molar-refractivity contribution in [2.45, 2.75) is 31.5 Å². The van der Waals surface area contributed by atoms with E-state index in [0.717, 1.165) is 17.4 Å². The Kier molecular flexibility index (Phi) is 3.68. The maximum absolute atomic E-state index is 13.0. The first-order valence-corrected chi connectivity index (χ1v) is 6.07. The van der Waals surface area contributed by atoms with Crippen LogP contribution in [0, 0.1) is 0 Å². The van der Waals surface area contributed by atoms with E-state index in [1.54, 1.807) is 0 Å². The number of hydrogen-bond acceptors (Lipinski definition) is 1. The summed E-state index contributed by atoms with van der Waals surface area (Å²) in [5, 5.41) is 9.11. The highest BCUT2D eigenvalue weighted by molar-refractivity contribution is 5.66. The van der Waals surface area contributed by atoms with Crippen molar-refractivity contribution in [3.8, 4) is 0 Å². The van der Waals surface area contributed by atoms with Crippen LogP contribution in [0.4, 0.5) is 18.0 Å². The van der Waals surface area contributed by atoms with E-state index >= 15 is 0 Å². The largest absolute Gasteiger partial charge is 0.465 e. The van der Waals surface area contributed by atoms with E-state index in [0.29, 0.717) is 12.8 Å². The van der Waals surface area contributed by atoms with E-state index in [-0.39, 0.29) is 12.1 Å². The monoisotopic (exact) mass is 273 g/mol. The second-order valence-corrected chi connectivity index (χ2v) is 4.57. The summed E-state index contributed by atoms with van der Waals surface area (Å²) in [6, 6.07) is 4.50. The molecule has 0 saturated carbocycles. The molecule has 1 aromatic rings. The lowest BCUT2D eigenvalue weighted by molar-refractivity contribution is -0.138. The quantitative estimate of drug-likeness (QED) is 0.842. The molecule has 6 heteroatoms. The summed E-state index contributed by atoms with van der Waals surface area (Å²) < 4.78 is 38.9. The summed E-state index contributed by atoms with van der Waals surface area (Å²) in [7, 11) is 0. The first-order valence-electron chi connectivity index (χ1n) is 6.07. The third kappa shape index (κ3) is 2.83. The Labute approximate surface area is 108 Å². The number of benzene rings is 1. The zero-order valence-corrected chi connectivity index (χ0v) is 10.2. The minimum atomic E-state index is -4.46. The molecule has 1 heterocycles. The van der Waals surface area contributed by atoms with E-state index in [1.807, 2.05) is 0 Å². The van der Waals surface area contributed by atoms with Gasteiger partial charge in [-0.3, -0.25) is 0 Å². The summed E-state index contributed by atoms with van der Waals surface area (Å²) in [6.45, 7) is 0.284. The average molecular weight is 273 g/mol.